The Morgan fingerprint density at radius 2 is 1.82 bits per heavy atom. The lowest BCUT2D eigenvalue weighted by molar-refractivity contribution is -0.134. The summed E-state index contributed by atoms with van der Waals surface area (Å²) in [5.74, 6) is 0.365. The van der Waals surface area contributed by atoms with Crippen molar-refractivity contribution in [3.63, 3.8) is 0 Å². The molecule has 1 saturated carbocycles. The third kappa shape index (κ3) is 2.31. The normalized spacial score (nSPS) is 27.2. The molecule has 17 heavy (non-hydrogen) atoms. The van der Waals surface area contributed by atoms with Crippen molar-refractivity contribution in [3.8, 4) is 0 Å². The van der Waals surface area contributed by atoms with Crippen LogP contribution in [0.2, 0.25) is 0 Å². The van der Waals surface area contributed by atoms with Crippen LogP contribution in [-0.2, 0) is 4.79 Å². The lowest BCUT2D eigenvalue weighted by Crippen LogP contribution is -2.47. The highest BCUT2D eigenvalue weighted by atomic mass is 16.4. The number of rotatable bonds is 0. The number of hydrogen-bond donors (Lipinski definition) is 1. The van der Waals surface area contributed by atoms with Crippen LogP contribution in [0.25, 0.3) is 0 Å². The highest BCUT2D eigenvalue weighted by Crippen LogP contribution is 2.49. The number of likely N-dealkylation sites (tertiary alicyclic amines) is 1. The summed E-state index contributed by atoms with van der Waals surface area (Å²) in [6, 6.07) is 0. The van der Waals surface area contributed by atoms with Gasteiger partial charge in [0.15, 0.2) is 0 Å². The van der Waals surface area contributed by atoms with Gasteiger partial charge < -0.3 is 10.0 Å². The molecule has 1 N–H and O–H groups in total. The Hall–Kier alpha value is -1.06. The topological polar surface area (TPSA) is 57.6 Å². The molecule has 1 heterocycles. The van der Waals surface area contributed by atoms with E-state index < -0.39 is 6.09 Å². The summed E-state index contributed by atoms with van der Waals surface area (Å²) in [4.78, 5) is 24.2. The monoisotopic (exact) mass is 239 g/mol. The molecule has 96 valence electrons. The molecule has 1 spiro atoms. The zero-order valence-corrected chi connectivity index (χ0v) is 10.7. The Morgan fingerprint density at radius 3 is 2.29 bits per heavy atom. The molecule has 2 aliphatic rings. The summed E-state index contributed by atoms with van der Waals surface area (Å²) in [6.45, 7) is 5.30. The molecular formula is C13H21NO3. The van der Waals surface area contributed by atoms with Crippen LogP contribution in [0.4, 0.5) is 4.79 Å². The van der Waals surface area contributed by atoms with Crippen molar-refractivity contribution >= 4 is 11.9 Å². The van der Waals surface area contributed by atoms with Crippen molar-refractivity contribution in [2.24, 2.45) is 10.8 Å². The van der Waals surface area contributed by atoms with E-state index in [-0.39, 0.29) is 10.8 Å². The fourth-order valence-electron chi connectivity index (χ4n) is 3.44. The van der Waals surface area contributed by atoms with Gasteiger partial charge in [0, 0.05) is 24.9 Å². The van der Waals surface area contributed by atoms with E-state index >= 15 is 0 Å². The molecule has 4 nitrogen and oxygen atoms in total. The van der Waals surface area contributed by atoms with Crippen LogP contribution in [0.15, 0.2) is 0 Å². The van der Waals surface area contributed by atoms with Gasteiger partial charge in [-0.15, -0.1) is 0 Å². The Morgan fingerprint density at radius 1 is 1.24 bits per heavy atom. The summed E-state index contributed by atoms with van der Waals surface area (Å²) in [7, 11) is 0. The third-order valence-corrected chi connectivity index (χ3v) is 4.55. The number of ketones is 1. The second-order valence-electron chi connectivity index (χ2n) is 6.25. The SMILES string of the molecule is CC1(C)CC2(CCC1=O)CCN(C(=O)O)CC2. The predicted octanol–water partition coefficient (Wildman–Crippen LogP) is 2.53. The quantitative estimate of drug-likeness (QED) is 0.706. The van der Waals surface area contributed by atoms with E-state index in [2.05, 4.69) is 0 Å². The Labute approximate surface area is 102 Å². The van der Waals surface area contributed by atoms with Crippen molar-refractivity contribution in [1.82, 2.24) is 4.90 Å². The summed E-state index contributed by atoms with van der Waals surface area (Å²) < 4.78 is 0. The van der Waals surface area contributed by atoms with Crippen LogP contribution >= 0.6 is 0 Å². The molecule has 0 bridgehead atoms. The van der Waals surface area contributed by atoms with Crippen LogP contribution in [0, 0.1) is 10.8 Å². The van der Waals surface area contributed by atoms with Crippen molar-refractivity contribution in [2.45, 2.75) is 46.0 Å². The highest BCUT2D eigenvalue weighted by Gasteiger charge is 2.46. The fourth-order valence-corrected chi connectivity index (χ4v) is 3.44. The standard InChI is InChI=1S/C13H21NO3/c1-12(2)9-13(4-3-10(12)15)5-7-14(8-6-13)11(16)17/h3-9H2,1-2H3,(H,16,17). The summed E-state index contributed by atoms with van der Waals surface area (Å²) in [5.41, 5.74) is -0.00694. The van der Waals surface area contributed by atoms with Gasteiger partial charge in [-0.05, 0) is 31.1 Å². The number of hydrogen-bond acceptors (Lipinski definition) is 2. The molecule has 1 amide bonds. The molecular weight excluding hydrogens is 218 g/mol. The molecule has 4 heteroatoms. The number of carbonyl (C=O) groups excluding carboxylic acids is 1. The number of piperidine rings is 1. The number of nitrogens with zero attached hydrogens (tertiary/aromatic N) is 1. The minimum atomic E-state index is -0.814. The maximum absolute atomic E-state index is 11.8. The molecule has 2 rings (SSSR count). The molecule has 0 unspecified atom stereocenters. The van der Waals surface area contributed by atoms with Gasteiger partial charge in [-0.3, -0.25) is 4.79 Å². The molecule has 1 aliphatic carbocycles. The van der Waals surface area contributed by atoms with Gasteiger partial charge in [-0.2, -0.15) is 0 Å². The second kappa shape index (κ2) is 4.00. The number of amides is 1. The number of carbonyl (C=O) groups is 2. The molecule has 0 radical (unpaired) electrons. The average molecular weight is 239 g/mol. The number of carboxylic acid groups (broad SMARTS) is 1. The minimum absolute atomic E-state index is 0.212. The van der Waals surface area contributed by atoms with Gasteiger partial charge in [0.2, 0.25) is 0 Å². The van der Waals surface area contributed by atoms with Crippen molar-refractivity contribution < 1.29 is 14.7 Å². The van der Waals surface area contributed by atoms with E-state index in [1.807, 2.05) is 13.8 Å². The van der Waals surface area contributed by atoms with Gasteiger partial charge in [-0.25, -0.2) is 4.79 Å². The third-order valence-electron chi connectivity index (χ3n) is 4.55. The van der Waals surface area contributed by atoms with E-state index in [0.29, 0.717) is 25.3 Å². The average Bonchev–Trinajstić information content (AvgIpc) is 2.24. The van der Waals surface area contributed by atoms with Crippen LogP contribution in [0.3, 0.4) is 0 Å². The molecule has 2 fully saturated rings. The zero-order chi connectivity index (χ0) is 12.7. The van der Waals surface area contributed by atoms with E-state index in [4.69, 9.17) is 5.11 Å². The predicted molar refractivity (Wildman–Crippen MR) is 63.9 cm³/mol. The second-order valence-corrected chi connectivity index (χ2v) is 6.25. The molecule has 1 saturated heterocycles. The van der Waals surface area contributed by atoms with Crippen LogP contribution < -0.4 is 0 Å². The molecule has 1 aliphatic heterocycles. The lowest BCUT2D eigenvalue weighted by atomic mass is 9.59. The van der Waals surface area contributed by atoms with Crippen LogP contribution in [-0.4, -0.2) is 35.0 Å². The van der Waals surface area contributed by atoms with E-state index in [0.717, 1.165) is 25.7 Å². The van der Waals surface area contributed by atoms with Crippen LogP contribution in [0.1, 0.15) is 46.0 Å². The molecule has 0 aromatic rings. The molecule has 0 aromatic carbocycles. The Kier molecular flexibility index (Phi) is 2.92. The molecule has 0 aromatic heterocycles. The summed E-state index contributed by atoms with van der Waals surface area (Å²) >= 11 is 0. The van der Waals surface area contributed by atoms with Gasteiger partial charge in [0.25, 0.3) is 0 Å². The number of Topliss-reactive ketones (excluding diaryl/α,β-unsaturated/α-hetero) is 1. The zero-order valence-electron chi connectivity index (χ0n) is 10.7. The maximum atomic E-state index is 11.8. The van der Waals surface area contributed by atoms with Gasteiger partial charge in [0.1, 0.15) is 5.78 Å². The smallest absolute Gasteiger partial charge is 0.407 e. The van der Waals surface area contributed by atoms with E-state index in [1.54, 1.807) is 0 Å². The van der Waals surface area contributed by atoms with Gasteiger partial charge in [-0.1, -0.05) is 13.8 Å². The van der Waals surface area contributed by atoms with E-state index in [9.17, 15) is 9.59 Å². The summed E-state index contributed by atoms with van der Waals surface area (Å²) in [5, 5.41) is 8.94. The maximum Gasteiger partial charge on any atom is 0.407 e. The van der Waals surface area contributed by atoms with E-state index in [1.165, 1.54) is 4.90 Å². The van der Waals surface area contributed by atoms with Crippen molar-refractivity contribution in [3.05, 3.63) is 0 Å². The first-order valence-corrected chi connectivity index (χ1v) is 6.36. The van der Waals surface area contributed by atoms with Crippen LogP contribution in [0.5, 0.6) is 0 Å². The first kappa shape index (κ1) is 12.4. The van der Waals surface area contributed by atoms with Crippen molar-refractivity contribution in [1.29, 1.82) is 0 Å². The fraction of sp³-hybridized carbons (Fsp3) is 0.846. The molecule has 0 atom stereocenters. The Bertz CT molecular complexity index is 341. The highest BCUT2D eigenvalue weighted by molar-refractivity contribution is 5.85. The van der Waals surface area contributed by atoms with Gasteiger partial charge >= 0.3 is 6.09 Å². The summed E-state index contributed by atoms with van der Waals surface area (Å²) in [6.07, 6.45) is 3.55. The van der Waals surface area contributed by atoms with Crippen molar-refractivity contribution in [2.75, 3.05) is 13.1 Å². The Balaban J connectivity index is 2.04. The minimum Gasteiger partial charge on any atom is -0.465 e. The first-order chi connectivity index (χ1) is 7.85. The first-order valence-electron chi connectivity index (χ1n) is 6.36. The largest absolute Gasteiger partial charge is 0.465 e. The van der Waals surface area contributed by atoms with Gasteiger partial charge in [0.05, 0.1) is 0 Å². The lowest BCUT2D eigenvalue weighted by Gasteiger charge is -2.48.